The van der Waals surface area contributed by atoms with E-state index in [0.29, 0.717) is 11.7 Å². The zero-order valence-corrected chi connectivity index (χ0v) is 10.6. The molecule has 96 valence electrons. The van der Waals surface area contributed by atoms with E-state index >= 15 is 0 Å². The van der Waals surface area contributed by atoms with Crippen LogP contribution in [0.25, 0.3) is 0 Å². The molecule has 4 heteroatoms. The summed E-state index contributed by atoms with van der Waals surface area (Å²) in [6, 6.07) is 0. The quantitative estimate of drug-likeness (QED) is 0.856. The fourth-order valence-electron chi connectivity index (χ4n) is 2.69. The number of aromatic nitrogens is 2. The molecule has 1 aromatic rings. The predicted octanol–water partition coefficient (Wildman–Crippen LogP) is 3.03. The van der Waals surface area contributed by atoms with E-state index in [0.717, 1.165) is 24.7 Å². The van der Waals surface area contributed by atoms with Crippen molar-refractivity contribution < 1.29 is 9.63 Å². The fourth-order valence-corrected chi connectivity index (χ4v) is 2.69. The second-order valence-corrected chi connectivity index (χ2v) is 5.07. The second kappa shape index (κ2) is 6.15. The standard InChI is InChI=1S/C13H22N2O2/c1-2-3-4-10-5-7-11(8-6-10)13-14-12(9-16)15-17-13/h10-11,16H,2-9H2,1H3. The summed E-state index contributed by atoms with van der Waals surface area (Å²) >= 11 is 0. The molecule has 0 saturated heterocycles. The van der Waals surface area contributed by atoms with Crippen molar-refractivity contribution in [1.29, 1.82) is 0 Å². The van der Waals surface area contributed by atoms with Crippen LogP contribution >= 0.6 is 0 Å². The van der Waals surface area contributed by atoms with Gasteiger partial charge in [-0.15, -0.1) is 0 Å². The van der Waals surface area contributed by atoms with Crippen molar-refractivity contribution >= 4 is 0 Å². The highest BCUT2D eigenvalue weighted by atomic mass is 16.5. The fraction of sp³-hybridized carbons (Fsp3) is 0.846. The lowest BCUT2D eigenvalue weighted by molar-refractivity contribution is 0.251. The molecular weight excluding hydrogens is 216 g/mol. The van der Waals surface area contributed by atoms with E-state index in [2.05, 4.69) is 17.1 Å². The highest BCUT2D eigenvalue weighted by Gasteiger charge is 2.25. The first-order chi connectivity index (χ1) is 8.33. The smallest absolute Gasteiger partial charge is 0.229 e. The lowest BCUT2D eigenvalue weighted by atomic mass is 9.80. The van der Waals surface area contributed by atoms with E-state index < -0.39 is 0 Å². The molecule has 1 aromatic heterocycles. The maximum Gasteiger partial charge on any atom is 0.229 e. The summed E-state index contributed by atoms with van der Waals surface area (Å²) in [7, 11) is 0. The Kier molecular flexibility index (Phi) is 4.54. The summed E-state index contributed by atoms with van der Waals surface area (Å²) in [5.41, 5.74) is 0. The number of aliphatic hydroxyl groups excluding tert-OH is 1. The van der Waals surface area contributed by atoms with E-state index in [1.807, 2.05) is 0 Å². The molecule has 1 aliphatic rings. The third-order valence-electron chi connectivity index (χ3n) is 3.79. The summed E-state index contributed by atoms with van der Waals surface area (Å²) < 4.78 is 5.19. The van der Waals surface area contributed by atoms with Gasteiger partial charge in [0.05, 0.1) is 0 Å². The molecule has 1 fully saturated rings. The van der Waals surface area contributed by atoms with Crippen LogP contribution in [-0.2, 0) is 6.61 Å². The minimum absolute atomic E-state index is 0.130. The summed E-state index contributed by atoms with van der Waals surface area (Å²) in [5.74, 6) is 2.45. The van der Waals surface area contributed by atoms with Gasteiger partial charge in [0.15, 0.2) is 5.82 Å². The van der Waals surface area contributed by atoms with Crippen molar-refractivity contribution in [3.8, 4) is 0 Å². The molecule has 17 heavy (non-hydrogen) atoms. The number of aliphatic hydroxyl groups is 1. The molecule has 0 unspecified atom stereocenters. The molecular formula is C13H22N2O2. The Morgan fingerprint density at radius 1 is 1.29 bits per heavy atom. The van der Waals surface area contributed by atoms with Crippen LogP contribution < -0.4 is 0 Å². The van der Waals surface area contributed by atoms with Crippen molar-refractivity contribution in [1.82, 2.24) is 10.1 Å². The van der Waals surface area contributed by atoms with E-state index in [4.69, 9.17) is 9.63 Å². The Balaban J connectivity index is 1.82. The van der Waals surface area contributed by atoms with Gasteiger partial charge < -0.3 is 9.63 Å². The zero-order chi connectivity index (χ0) is 12.1. The summed E-state index contributed by atoms with van der Waals surface area (Å²) in [4.78, 5) is 4.21. The van der Waals surface area contributed by atoms with Gasteiger partial charge in [0, 0.05) is 5.92 Å². The molecule has 0 aromatic carbocycles. The van der Waals surface area contributed by atoms with Crippen LogP contribution in [0.1, 0.15) is 69.5 Å². The maximum absolute atomic E-state index is 8.90. The first kappa shape index (κ1) is 12.6. The van der Waals surface area contributed by atoms with Crippen molar-refractivity contribution in [3.63, 3.8) is 0 Å². The molecule has 4 nitrogen and oxygen atoms in total. The summed E-state index contributed by atoms with van der Waals surface area (Å²) in [6.07, 6.45) is 8.88. The Hall–Kier alpha value is -0.900. The molecule has 1 aliphatic carbocycles. The van der Waals surface area contributed by atoms with Crippen LogP contribution in [0, 0.1) is 5.92 Å². The Morgan fingerprint density at radius 2 is 2.06 bits per heavy atom. The third-order valence-corrected chi connectivity index (χ3v) is 3.79. The minimum Gasteiger partial charge on any atom is -0.388 e. The van der Waals surface area contributed by atoms with Gasteiger partial charge >= 0.3 is 0 Å². The van der Waals surface area contributed by atoms with E-state index in [1.165, 1.54) is 32.1 Å². The van der Waals surface area contributed by atoms with Crippen molar-refractivity contribution in [2.45, 2.75) is 64.4 Å². The van der Waals surface area contributed by atoms with Gasteiger partial charge in [-0.1, -0.05) is 31.3 Å². The van der Waals surface area contributed by atoms with Gasteiger partial charge in [0.25, 0.3) is 0 Å². The molecule has 0 bridgehead atoms. The SMILES string of the molecule is CCCCC1CCC(c2nc(CO)no2)CC1. The monoisotopic (exact) mass is 238 g/mol. The van der Waals surface area contributed by atoms with Crippen LogP contribution in [-0.4, -0.2) is 15.2 Å². The van der Waals surface area contributed by atoms with Gasteiger partial charge in [-0.25, -0.2) is 0 Å². The molecule has 0 radical (unpaired) electrons. The van der Waals surface area contributed by atoms with Gasteiger partial charge in [-0.3, -0.25) is 0 Å². The van der Waals surface area contributed by atoms with Crippen LogP contribution in [0.4, 0.5) is 0 Å². The number of unbranched alkanes of at least 4 members (excludes halogenated alkanes) is 1. The van der Waals surface area contributed by atoms with Gasteiger partial charge in [0.2, 0.25) is 5.89 Å². The molecule has 0 atom stereocenters. The highest BCUT2D eigenvalue weighted by Crippen LogP contribution is 2.36. The highest BCUT2D eigenvalue weighted by molar-refractivity contribution is 4.95. The lowest BCUT2D eigenvalue weighted by Gasteiger charge is -2.26. The maximum atomic E-state index is 8.90. The molecule has 0 spiro atoms. The van der Waals surface area contributed by atoms with Crippen molar-refractivity contribution in [3.05, 3.63) is 11.7 Å². The first-order valence-electron chi connectivity index (χ1n) is 6.76. The minimum atomic E-state index is -0.130. The zero-order valence-electron chi connectivity index (χ0n) is 10.6. The first-order valence-corrected chi connectivity index (χ1v) is 6.76. The van der Waals surface area contributed by atoms with Crippen molar-refractivity contribution in [2.24, 2.45) is 5.92 Å². The predicted molar refractivity (Wildman–Crippen MR) is 64.4 cm³/mol. The van der Waals surface area contributed by atoms with Gasteiger partial charge in [-0.05, 0) is 31.6 Å². The Labute approximate surface area is 102 Å². The van der Waals surface area contributed by atoms with Crippen molar-refractivity contribution in [2.75, 3.05) is 0 Å². The Bertz CT molecular complexity index is 330. The Morgan fingerprint density at radius 3 is 2.65 bits per heavy atom. The van der Waals surface area contributed by atoms with Crippen LogP contribution in [0.2, 0.25) is 0 Å². The molecule has 1 heterocycles. The second-order valence-electron chi connectivity index (χ2n) is 5.07. The molecule has 0 amide bonds. The number of nitrogens with zero attached hydrogens (tertiary/aromatic N) is 2. The van der Waals surface area contributed by atoms with E-state index in [9.17, 15) is 0 Å². The van der Waals surface area contributed by atoms with Crippen LogP contribution in [0.5, 0.6) is 0 Å². The molecule has 0 aliphatic heterocycles. The normalized spacial score (nSPS) is 25.1. The lowest BCUT2D eigenvalue weighted by Crippen LogP contribution is -2.13. The number of hydrogen-bond acceptors (Lipinski definition) is 4. The third kappa shape index (κ3) is 3.28. The largest absolute Gasteiger partial charge is 0.388 e. The van der Waals surface area contributed by atoms with E-state index in [1.54, 1.807) is 0 Å². The summed E-state index contributed by atoms with van der Waals surface area (Å²) in [6.45, 7) is 2.12. The number of hydrogen-bond donors (Lipinski definition) is 1. The average Bonchev–Trinajstić information content (AvgIpc) is 2.86. The van der Waals surface area contributed by atoms with E-state index in [-0.39, 0.29) is 6.61 Å². The number of rotatable bonds is 5. The topological polar surface area (TPSA) is 59.2 Å². The summed E-state index contributed by atoms with van der Waals surface area (Å²) in [5, 5.41) is 12.6. The van der Waals surface area contributed by atoms with Crippen LogP contribution in [0.3, 0.4) is 0 Å². The molecule has 1 saturated carbocycles. The van der Waals surface area contributed by atoms with Gasteiger partial charge in [0.1, 0.15) is 6.61 Å². The molecule has 2 rings (SSSR count). The molecule has 1 N–H and O–H groups in total. The van der Waals surface area contributed by atoms with Crippen LogP contribution in [0.15, 0.2) is 4.52 Å². The van der Waals surface area contributed by atoms with Gasteiger partial charge in [-0.2, -0.15) is 4.98 Å². The average molecular weight is 238 g/mol.